The molecule has 0 unspecified atom stereocenters. The van der Waals surface area contributed by atoms with Crippen LogP contribution < -0.4 is 0 Å². The highest BCUT2D eigenvalue weighted by atomic mass is 16.4. The number of likely N-dealkylation sites (N-methyl/N-ethyl adjacent to an activating group) is 1. The molecule has 0 aromatic heterocycles. The topological polar surface area (TPSA) is 60.9 Å². The van der Waals surface area contributed by atoms with Crippen molar-refractivity contribution < 1.29 is 14.7 Å². The quantitative estimate of drug-likeness (QED) is 0.679. The van der Waals surface area contributed by atoms with Gasteiger partial charge in [0.1, 0.15) is 0 Å². The number of carbonyl (C=O) groups excluding carboxylic acids is 1. The Morgan fingerprint density at radius 3 is 2.38 bits per heavy atom. The summed E-state index contributed by atoms with van der Waals surface area (Å²) >= 11 is 0. The Bertz CT molecular complexity index is 296. The van der Waals surface area contributed by atoms with Crippen molar-refractivity contribution >= 4 is 11.9 Å². The summed E-state index contributed by atoms with van der Waals surface area (Å²) in [5.74, 6) is -0.946. The van der Waals surface area contributed by atoms with Crippen LogP contribution >= 0.6 is 0 Å². The van der Waals surface area contributed by atoms with Crippen molar-refractivity contribution in [1.82, 2.24) is 9.80 Å². The van der Waals surface area contributed by atoms with E-state index >= 15 is 0 Å². The fraction of sp³-hybridized carbons (Fsp3) is 0.636. The van der Waals surface area contributed by atoms with Crippen LogP contribution in [0.2, 0.25) is 0 Å². The van der Waals surface area contributed by atoms with Crippen molar-refractivity contribution in [3.8, 4) is 0 Å². The second-order valence-corrected chi connectivity index (χ2v) is 4.17. The van der Waals surface area contributed by atoms with Crippen LogP contribution in [-0.2, 0) is 9.59 Å². The standard InChI is InChI=1S/C11H18N2O3/c1-9(11(15)16)7-12(2)8-10(14)13-5-3-4-6-13/h1,3-8H2,2H3,(H,15,16). The van der Waals surface area contributed by atoms with Crippen molar-refractivity contribution in [2.75, 3.05) is 33.2 Å². The van der Waals surface area contributed by atoms with Gasteiger partial charge in [0.2, 0.25) is 5.91 Å². The molecule has 1 aliphatic rings. The Balaban J connectivity index is 2.33. The average molecular weight is 226 g/mol. The molecule has 5 heteroatoms. The van der Waals surface area contributed by atoms with E-state index in [2.05, 4.69) is 6.58 Å². The molecule has 1 N–H and O–H groups in total. The summed E-state index contributed by atoms with van der Waals surface area (Å²) in [5, 5.41) is 8.65. The molecule has 0 bridgehead atoms. The van der Waals surface area contributed by atoms with Crippen LogP contribution in [0.4, 0.5) is 0 Å². The molecule has 0 radical (unpaired) electrons. The first-order valence-corrected chi connectivity index (χ1v) is 5.38. The van der Waals surface area contributed by atoms with Crippen LogP contribution in [0.3, 0.4) is 0 Å². The van der Waals surface area contributed by atoms with Gasteiger partial charge in [-0.05, 0) is 19.9 Å². The molecule has 0 saturated carbocycles. The molecule has 1 aliphatic heterocycles. The van der Waals surface area contributed by atoms with E-state index in [0.717, 1.165) is 25.9 Å². The molecule has 1 heterocycles. The van der Waals surface area contributed by atoms with E-state index in [1.54, 1.807) is 11.9 Å². The Kier molecular flexibility index (Phi) is 4.49. The number of rotatable bonds is 5. The number of carbonyl (C=O) groups is 2. The van der Waals surface area contributed by atoms with Gasteiger partial charge >= 0.3 is 5.97 Å². The van der Waals surface area contributed by atoms with Gasteiger partial charge in [0, 0.05) is 25.2 Å². The van der Waals surface area contributed by atoms with Gasteiger partial charge in [0.05, 0.1) is 6.54 Å². The largest absolute Gasteiger partial charge is 0.478 e. The Hall–Kier alpha value is -1.36. The van der Waals surface area contributed by atoms with Crippen LogP contribution in [-0.4, -0.2) is 60.0 Å². The fourth-order valence-corrected chi connectivity index (χ4v) is 1.75. The van der Waals surface area contributed by atoms with Crippen molar-refractivity contribution in [2.24, 2.45) is 0 Å². The van der Waals surface area contributed by atoms with Gasteiger partial charge in [-0.2, -0.15) is 0 Å². The maximum Gasteiger partial charge on any atom is 0.332 e. The molecule has 1 fully saturated rings. The highest BCUT2D eigenvalue weighted by Crippen LogP contribution is 2.08. The summed E-state index contributed by atoms with van der Waals surface area (Å²) in [5.41, 5.74) is 0.108. The third-order valence-electron chi connectivity index (χ3n) is 2.63. The Labute approximate surface area is 95.3 Å². The molecular weight excluding hydrogens is 208 g/mol. The monoisotopic (exact) mass is 226 g/mol. The zero-order valence-electron chi connectivity index (χ0n) is 9.61. The average Bonchev–Trinajstić information content (AvgIpc) is 2.69. The lowest BCUT2D eigenvalue weighted by Crippen LogP contribution is -2.38. The summed E-state index contributed by atoms with van der Waals surface area (Å²) in [7, 11) is 1.72. The first kappa shape index (κ1) is 12.7. The van der Waals surface area contributed by atoms with Crippen LogP contribution in [0.5, 0.6) is 0 Å². The molecule has 1 amide bonds. The minimum atomic E-state index is -1.01. The van der Waals surface area contributed by atoms with E-state index < -0.39 is 5.97 Å². The van der Waals surface area contributed by atoms with Crippen LogP contribution in [0.25, 0.3) is 0 Å². The van der Waals surface area contributed by atoms with Crippen molar-refractivity contribution in [3.05, 3.63) is 12.2 Å². The zero-order valence-corrected chi connectivity index (χ0v) is 9.61. The lowest BCUT2D eigenvalue weighted by molar-refractivity contribution is -0.134. The first-order valence-electron chi connectivity index (χ1n) is 5.38. The lowest BCUT2D eigenvalue weighted by atomic mass is 10.3. The minimum Gasteiger partial charge on any atom is -0.478 e. The Morgan fingerprint density at radius 2 is 1.88 bits per heavy atom. The van der Waals surface area contributed by atoms with Gasteiger partial charge in [0.25, 0.3) is 0 Å². The summed E-state index contributed by atoms with van der Waals surface area (Å²) in [4.78, 5) is 25.8. The van der Waals surface area contributed by atoms with E-state index in [0.29, 0.717) is 0 Å². The molecule has 0 atom stereocenters. The van der Waals surface area contributed by atoms with Crippen molar-refractivity contribution in [2.45, 2.75) is 12.8 Å². The van der Waals surface area contributed by atoms with Gasteiger partial charge in [-0.3, -0.25) is 9.69 Å². The SMILES string of the molecule is C=C(CN(C)CC(=O)N1CCCC1)C(=O)O. The van der Waals surface area contributed by atoms with E-state index in [4.69, 9.17) is 5.11 Å². The van der Waals surface area contributed by atoms with Gasteiger partial charge in [-0.15, -0.1) is 0 Å². The van der Waals surface area contributed by atoms with Crippen molar-refractivity contribution in [3.63, 3.8) is 0 Å². The molecule has 90 valence electrons. The van der Waals surface area contributed by atoms with Crippen molar-refractivity contribution in [1.29, 1.82) is 0 Å². The molecular formula is C11H18N2O3. The van der Waals surface area contributed by atoms with Gasteiger partial charge in [-0.1, -0.05) is 6.58 Å². The molecule has 0 spiro atoms. The van der Waals surface area contributed by atoms with Gasteiger partial charge in [-0.25, -0.2) is 4.79 Å². The molecule has 5 nitrogen and oxygen atoms in total. The summed E-state index contributed by atoms with van der Waals surface area (Å²) in [6.45, 7) is 5.56. The highest BCUT2D eigenvalue weighted by molar-refractivity contribution is 5.86. The van der Waals surface area contributed by atoms with E-state index in [9.17, 15) is 9.59 Å². The summed E-state index contributed by atoms with van der Waals surface area (Å²) in [6, 6.07) is 0. The van der Waals surface area contributed by atoms with E-state index in [1.807, 2.05) is 4.90 Å². The smallest absolute Gasteiger partial charge is 0.332 e. The zero-order chi connectivity index (χ0) is 12.1. The van der Waals surface area contributed by atoms with Gasteiger partial charge < -0.3 is 10.0 Å². The lowest BCUT2D eigenvalue weighted by Gasteiger charge is -2.20. The summed E-state index contributed by atoms with van der Waals surface area (Å²) < 4.78 is 0. The third-order valence-corrected chi connectivity index (χ3v) is 2.63. The molecule has 0 aliphatic carbocycles. The first-order chi connectivity index (χ1) is 7.50. The number of aliphatic carboxylic acids is 1. The normalized spacial score (nSPS) is 15.5. The number of amides is 1. The van der Waals surface area contributed by atoms with Gasteiger partial charge in [0.15, 0.2) is 0 Å². The second-order valence-electron chi connectivity index (χ2n) is 4.17. The maximum atomic E-state index is 11.7. The predicted octanol–water partition coefficient (Wildman–Crippen LogP) is 0.181. The van der Waals surface area contributed by atoms with E-state index in [-0.39, 0.29) is 24.6 Å². The molecule has 1 saturated heterocycles. The number of nitrogens with zero attached hydrogens (tertiary/aromatic N) is 2. The van der Waals surface area contributed by atoms with E-state index in [1.165, 1.54) is 0 Å². The second kappa shape index (κ2) is 5.65. The third kappa shape index (κ3) is 3.66. The number of likely N-dealkylation sites (tertiary alicyclic amines) is 1. The molecule has 0 aromatic rings. The van der Waals surface area contributed by atoms with Crippen LogP contribution in [0, 0.1) is 0 Å². The van der Waals surface area contributed by atoms with Crippen LogP contribution in [0.15, 0.2) is 12.2 Å². The molecule has 0 aromatic carbocycles. The maximum absolute atomic E-state index is 11.7. The fourth-order valence-electron chi connectivity index (χ4n) is 1.75. The summed E-state index contributed by atoms with van der Waals surface area (Å²) in [6.07, 6.45) is 2.13. The number of carboxylic acids is 1. The van der Waals surface area contributed by atoms with Crippen LogP contribution in [0.1, 0.15) is 12.8 Å². The highest BCUT2D eigenvalue weighted by Gasteiger charge is 2.19. The molecule has 16 heavy (non-hydrogen) atoms. The number of carboxylic acid groups (broad SMARTS) is 1. The molecule has 1 rings (SSSR count). The number of hydrogen-bond acceptors (Lipinski definition) is 3. The minimum absolute atomic E-state index is 0.0678. The predicted molar refractivity (Wildman–Crippen MR) is 60.1 cm³/mol. The number of hydrogen-bond donors (Lipinski definition) is 1. The Morgan fingerprint density at radius 1 is 1.31 bits per heavy atom.